The van der Waals surface area contributed by atoms with E-state index in [2.05, 4.69) is 15.1 Å². The topological polar surface area (TPSA) is 77.8 Å². The molecule has 0 unspecified atom stereocenters. The maximum atomic E-state index is 5.96. The molecule has 0 fully saturated rings. The van der Waals surface area contributed by atoms with Gasteiger partial charge in [0.25, 0.3) is 5.89 Å². The monoisotopic (exact) mass is 326 g/mol. The minimum Gasteiger partial charge on any atom is -0.375 e. The number of aromatic nitrogens is 3. The highest BCUT2D eigenvalue weighted by molar-refractivity contribution is 7.18. The van der Waals surface area contributed by atoms with E-state index in [1.807, 2.05) is 6.92 Å². The van der Waals surface area contributed by atoms with Crippen molar-refractivity contribution in [2.75, 3.05) is 5.73 Å². The van der Waals surface area contributed by atoms with Crippen LogP contribution in [-0.4, -0.2) is 15.1 Å². The summed E-state index contributed by atoms with van der Waals surface area (Å²) in [6, 6.07) is 5.08. The summed E-state index contributed by atoms with van der Waals surface area (Å²) in [6.45, 7) is 1.84. The van der Waals surface area contributed by atoms with E-state index in [-0.39, 0.29) is 0 Å². The summed E-state index contributed by atoms with van der Waals surface area (Å²) in [5, 5.41) is 5.41. The van der Waals surface area contributed by atoms with Crippen molar-refractivity contribution in [1.29, 1.82) is 0 Å². The molecule has 0 aliphatic heterocycles. The molecule has 3 rings (SSSR count). The summed E-state index contributed by atoms with van der Waals surface area (Å²) < 4.78 is 5.25. The van der Waals surface area contributed by atoms with Gasteiger partial charge in [-0.05, 0) is 25.1 Å². The van der Waals surface area contributed by atoms with Crippen molar-refractivity contribution in [2.24, 2.45) is 0 Å². The molecule has 20 heavy (non-hydrogen) atoms. The van der Waals surface area contributed by atoms with Gasteiger partial charge < -0.3 is 10.3 Å². The lowest BCUT2D eigenvalue weighted by atomic mass is 10.2. The van der Waals surface area contributed by atoms with Crippen LogP contribution in [0.2, 0.25) is 10.0 Å². The molecule has 0 atom stereocenters. The van der Waals surface area contributed by atoms with Crippen molar-refractivity contribution in [3.8, 4) is 22.2 Å². The van der Waals surface area contributed by atoms with Crippen LogP contribution in [0.15, 0.2) is 22.7 Å². The molecule has 0 spiro atoms. The minimum atomic E-state index is 0.378. The Bertz CT molecular complexity index is 763. The Morgan fingerprint density at radius 1 is 1.15 bits per heavy atom. The first kappa shape index (κ1) is 13.4. The molecular weight excluding hydrogens is 319 g/mol. The lowest BCUT2D eigenvalue weighted by Crippen LogP contribution is -1.82. The summed E-state index contributed by atoms with van der Waals surface area (Å²) in [7, 11) is 0. The smallest absolute Gasteiger partial charge is 0.270 e. The Morgan fingerprint density at radius 2 is 1.85 bits per heavy atom. The first-order valence-corrected chi connectivity index (χ1v) is 7.13. The summed E-state index contributed by atoms with van der Waals surface area (Å²) in [5.41, 5.74) is 7.10. The van der Waals surface area contributed by atoms with Crippen LogP contribution >= 0.6 is 34.5 Å². The van der Waals surface area contributed by atoms with Crippen LogP contribution in [0.1, 0.15) is 5.69 Å². The lowest BCUT2D eigenvalue weighted by Gasteiger charge is -1.96. The molecule has 0 saturated carbocycles. The highest BCUT2D eigenvalue weighted by atomic mass is 35.5. The highest BCUT2D eigenvalue weighted by Crippen LogP contribution is 2.32. The van der Waals surface area contributed by atoms with Crippen LogP contribution in [0.4, 0.5) is 5.13 Å². The molecule has 2 heterocycles. The van der Waals surface area contributed by atoms with Gasteiger partial charge in [-0.3, -0.25) is 0 Å². The molecule has 5 nitrogen and oxygen atoms in total. The van der Waals surface area contributed by atoms with Crippen molar-refractivity contribution in [3.05, 3.63) is 33.9 Å². The number of nitrogens with two attached hydrogens (primary N) is 1. The van der Waals surface area contributed by atoms with Crippen molar-refractivity contribution < 1.29 is 4.52 Å². The SMILES string of the molecule is Cc1nc(N)sc1-c1nc(-c2cc(Cl)cc(Cl)c2)no1. The number of aryl methyl sites for hydroxylation is 1. The van der Waals surface area contributed by atoms with Gasteiger partial charge in [0.15, 0.2) is 5.13 Å². The van der Waals surface area contributed by atoms with Gasteiger partial charge in [-0.1, -0.05) is 39.7 Å². The van der Waals surface area contributed by atoms with E-state index in [9.17, 15) is 0 Å². The normalized spacial score (nSPS) is 10.9. The maximum absolute atomic E-state index is 5.96. The van der Waals surface area contributed by atoms with Gasteiger partial charge >= 0.3 is 0 Å². The zero-order chi connectivity index (χ0) is 14.3. The standard InChI is InChI=1S/C12H8Cl2N4OS/c1-5-9(20-12(15)16-5)11-17-10(18-19-11)6-2-7(13)4-8(14)3-6/h2-4H,1H3,(H2,15,16). The molecule has 0 bridgehead atoms. The molecule has 0 aliphatic carbocycles. The average Bonchev–Trinajstić information content (AvgIpc) is 2.94. The van der Waals surface area contributed by atoms with E-state index in [1.54, 1.807) is 18.2 Å². The Kier molecular flexibility index (Phi) is 3.37. The van der Waals surface area contributed by atoms with E-state index in [1.165, 1.54) is 11.3 Å². The van der Waals surface area contributed by atoms with Crippen LogP contribution < -0.4 is 5.73 Å². The molecule has 1 aromatic carbocycles. The lowest BCUT2D eigenvalue weighted by molar-refractivity contribution is 0.433. The van der Waals surface area contributed by atoms with Gasteiger partial charge in [0.05, 0.1) is 5.69 Å². The van der Waals surface area contributed by atoms with Crippen molar-refractivity contribution in [1.82, 2.24) is 15.1 Å². The second-order valence-corrected chi connectivity index (χ2v) is 5.95. The van der Waals surface area contributed by atoms with E-state index in [4.69, 9.17) is 33.5 Å². The fraction of sp³-hybridized carbons (Fsp3) is 0.0833. The van der Waals surface area contributed by atoms with Crippen LogP contribution in [0.25, 0.3) is 22.2 Å². The molecule has 3 aromatic rings. The van der Waals surface area contributed by atoms with Gasteiger partial charge in [-0.25, -0.2) is 4.98 Å². The first-order valence-electron chi connectivity index (χ1n) is 5.56. The number of hydrogen-bond donors (Lipinski definition) is 1. The Balaban J connectivity index is 2.04. The zero-order valence-electron chi connectivity index (χ0n) is 10.2. The second kappa shape index (κ2) is 5.05. The summed E-state index contributed by atoms with van der Waals surface area (Å²) in [5.74, 6) is 0.790. The number of anilines is 1. The molecule has 2 aromatic heterocycles. The first-order chi connectivity index (χ1) is 9.52. The van der Waals surface area contributed by atoms with Crippen LogP contribution in [0, 0.1) is 6.92 Å². The predicted molar refractivity (Wildman–Crippen MR) is 80.0 cm³/mol. The Morgan fingerprint density at radius 3 is 2.45 bits per heavy atom. The highest BCUT2D eigenvalue weighted by Gasteiger charge is 2.16. The van der Waals surface area contributed by atoms with E-state index in [0.29, 0.717) is 32.5 Å². The average molecular weight is 327 g/mol. The Hall–Kier alpha value is -1.63. The fourth-order valence-electron chi connectivity index (χ4n) is 1.73. The summed E-state index contributed by atoms with van der Waals surface area (Å²) in [6.07, 6.45) is 0. The second-order valence-electron chi connectivity index (χ2n) is 4.05. The summed E-state index contributed by atoms with van der Waals surface area (Å²) >= 11 is 13.2. The zero-order valence-corrected chi connectivity index (χ0v) is 12.6. The van der Waals surface area contributed by atoms with E-state index in [0.717, 1.165) is 10.6 Å². The van der Waals surface area contributed by atoms with Crippen LogP contribution in [-0.2, 0) is 0 Å². The number of benzene rings is 1. The quantitative estimate of drug-likeness (QED) is 0.768. The molecule has 102 valence electrons. The van der Waals surface area contributed by atoms with E-state index >= 15 is 0 Å². The van der Waals surface area contributed by atoms with Crippen LogP contribution in [0.5, 0.6) is 0 Å². The number of halogens is 2. The van der Waals surface area contributed by atoms with Gasteiger partial charge in [0, 0.05) is 15.6 Å². The largest absolute Gasteiger partial charge is 0.375 e. The molecule has 0 aliphatic rings. The third-order valence-corrected chi connectivity index (χ3v) is 3.97. The van der Waals surface area contributed by atoms with Crippen molar-refractivity contribution >= 4 is 39.7 Å². The molecule has 2 N–H and O–H groups in total. The third kappa shape index (κ3) is 2.49. The predicted octanol–water partition coefficient (Wildman–Crippen LogP) is 4.06. The fourth-order valence-corrected chi connectivity index (χ4v) is 3.01. The number of nitrogens with zero attached hydrogens (tertiary/aromatic N) is 3. The number of hydrogen-bond acceptors (Lipinski definition) is 6. The third-order valence-electron chi connectivity index (χ3n) is 2.55. The molecular formula is C12H8Cl2N4OS. The molecule has 0 saturated heterocycles. The van der Waals surface area contributed by atoms with E-state index < -0.39 is 0 Å². The molecule has 0 radical (unpaired) electrons. The molecule has 0 amide bonds. The Labute approximate surface area is 128 Å². The van der Waals surface area contributed by atoms with Gasteiger partial charge in [0.1, 0.15) is 4.88 Å². The van der Waals surface area contributed by atoms with Crippen molar-refractivity contribution in [3.63, 3.8) is 0 Å². The molecule has 8 heteroatoms. The number of thiazole rings is 1. The van der Waals surface area contributed by atoms with Gasteiger partial charge in [0.2, 0.25) is 5.82 Å². The van der Waals surface area contributed by atoms with Crippen LogP contribution in [0.3, 0.4) is 0 Å². The summed E-state index contributed by atoms with van der Waals surface area (Å²) in [4.78, 5) is 9.21. The number of nitrogen functional groups attached to an aromatic ring is 1. The minimum absolute atomic E-state index is 0.378. The van der Waals surface area contributed by atoms with Crippen molar-refractivity contribution in [2.45, 2.75) is 6.92 Å². The van der Waals surface area contributed by atoms with Gasteiger partial charge in [-0.15, -0.1) is 0 Å². The van der Waals surface area contributed by atoms with Gasteiger partial charge in [-0.2, -0.15) is 4.98 Å². The number of rotatable bonds is 2. The maximum Gasteiger partial charge on any atom is 0.270 e.